The fraction of sp³-hybridized carbons (Fsp3) is 0.0769. The molecular formula is C13H9BrF3N3O. The van der Waals surface area contributed by atoms with Crippen molar-refractivity contribution < 1.29 is 17.9 Å². The monoisotopic (exact) mass is 359 g/mol. The molecule has 3 N–H and O–H groups in total. The molecule has 0 unspecified atom stereocenters. The third kappa shape index (κ3) is 3.72. The summed E-state index contributed by atoms with van der Waals surface area (Å²) in [7, 11) is 0. The summed E-state index contributed by atoms with van der Waals surface area (Å²) in [5.74, 6) is -0.390. The number of nitrogens with two attached hydrogens (primary N) is 1. The summed E-state index contributed by atoms with van der Waals surface area (Å²) < 4.78 is 44.9. The van der Waals surface area contributed by atoms with Gasteiger partial charge in [0.05, 0.1) is 11.8 Å². The maximum absolute atomic E-state index is 13.0. The van der Waals surface area contributed by atoms with Crippen LogP contribution >= 0.6 is 15.9 Å². The topological polar surface area (TPSA) is 72.0 Å². The first-order valence-corrected chi connectivity index (χ1v) is 6.40. The number of nitrogens with zero attached hydrogens (tertiary/aromatic N) is 1. The molecule has 0 aliphatic carbocycles. The lowest BCUT2D eigenvalue weighted by atomic mass is 10.1. The number of halogens is 4. The summed E-state index contributed by atoms with van der Waals surface area (Å²) in [6.45, 7) is 0. The van der Waals surface area contributed by atoms with Crippen molar-refractivity contribution in [3.8, 4) is 11.5 Å². The van der Waals surface area contributed by atoms with Gasteiger partial charge in [-0.25, -0.2) is 0 Å². The minimum atomic E-state index is -4.63. The van der Waals surface area contributed by atoms with E-state index in [1.807, 2.05) is 0 Å². The van der Waals surface area contributed by atoms with E-state index in [4.69, 9.17) is 15.9 Å². The zero-order chi connectivity index (χ0) is 15.6. The molecule has 0 bridgehead atoms. The first-order chi connectivity index (χ1) is 9.77. The molecule has 0 atom stereocenters. The predicted octanol–water partition coefficient (Wildman–Crippen LogP) is 3.94. The SMILES string of the molecule is N=C(N)c1ccc(Oc2cncc(Br)c2)cc1C(F)(F)F. The second-order valence-electron chi connectivity index (χ2n) is 4.06. The summed E-state index contributed by atoms with van der Waals surface area (Å²) in [6.07, 6.45) is -1.74. The third-order valence-electron chi connectivity index (χ3n) is 2.50. The molecule has 4 nitrogen and oxygen atoms in total. The van der Waals surface area contributed by atoms with Crippen LogP contribution in [0.2, 0.25) is 0 Å². The van der Waals surface area contributed by atoms with Crippen molar-refractivity contribution in [2.45, 2.75) is 6.18 Å². The molecule has 0 fully saturated rings. The van der Waals surface area contributed by atoms with E-state index in [2.05, 4.69) is 20.9 Å². The Hall–Kier alpha value is -2.09. The summed E-state index contributed by atoms with van der Waals surface area (Å²) in [4.78, 5) is 3.85. The van der Waals surface area contributed by atoms with Gasteiger partial charge in [0.2, 0.25) is 0 Å². The number of hydrogen-bond acceptors (Lipinski definition) is 3. The van der Waals surface area contributed by atoms with Crippen LogP contribution in [0.4, 0.5) is 13.2 Å². The van der Waals surface area contributed by atoms with Crippen molar-refractivity contribution in [1.29, 1.82) is 5.41 Å². The number of ether oxygens (including phenoxy) is 1. The summed E-state index contributed by atoms with van der Waals surface area (Å²) in [5.41, 5.74) is 3.76. The second kappa shape index (κ2) is 5.72. The predicted molar refractivity (Wildman–Crippen MR) is 74.5 cm³/mol. The van der Waals surface area contributed by atoms with Crippen LogP contribution in [0.5, 0.6) is 11.5 Å². The van der Waals surface area contributed by atoms with Gasteiger partial charge in [-0.05, 0) is 40.2 Å². The van der Waals surface area contributed by atoms with Crippen LogP contribution in [0, 0.1) is 5.41 Å². The van der Waals surface area contributed by atoms with E-state index in [1.54, 1.807) is 6.07 Å². The van der Waals surface area contributed by atoms with Crippen molar-refractivity contribution in [2.24, 2.45) is 5.73 Å². The molecule has 21 heavy (non-hydrogen) atoms. The number of aromatic nitrogens is 1. The van der Waals surface area contributed by atoms with E-state index < -0.39 is 17.6 Å². The van der Waals surface area contributed by atoms with E-state index in [9.17, 15) is 13.2 Å². The second-order valence-corrected chi connectivity index (χ2v) is 4.98. The van der Waals surface area contributed by atoms with Gasteiger partial charge < -0.3 is 10.5 Å². The molecular weight excluding hydrogens is 351 g/mol. The molecule has 0 saturated heterocycles. The van der Waals surface area contributed by atoms with Crippen molar-refractivity contribution in [3.05, 3.63) is 52.3 Å². The van der Waals surface area contributed by atoms with Crippen molar-refractivity contribution in [2.75, 3.05) is 0 Å². The van der Waals surface area contributed by atoms with Gasteiger partial charge in [-0.1, -0.05) is 0 Å². The molecule has 0 saturated carbocycles. The Bertz CT molecular complexity index is 689. The van der Waals surface area contributed by atoms with Crippen LogP contribution in [-0.2, 0) is 6.18 Å². The van der Waals surface area contributed by atoms with E-state index >= 15 is 0 Å². The van der Waals surface area contributed by atoms with Gasteiger partial charge in [0.15, 0.2) is 0 Å². The Labute approximate surface area is 126 Å². The van der Waals surface area contributed by atoms with Crippen LogP contribution < -0.4 is 10.5 Å². The molecule has 2 aromatic rings. The number of pyridine rings is 1. The number of nitrogens with one attached hydrogen (secondary N) is 1. The van der Waals surface area contributed by atoms with Crippen molar-refractivity contribution in [1.82, 2.24) is 4.98 Å². The van der Waals surface area contributed by atoms with Gasteiger partial charge in [-0.15, -0.1) is 0 Å². The van der Waals surface area contributed by atoms with Crippen LogP contribution in [0.15, 0.2) is 41.1 Å². The molecule has 1 aromatic carbocycles. The number of rotatable bonds is 3. The Kier molecular flexibility index (Phi) is 4.17. The number of nitrogen functional groups attached to an aromatic ring is 1. The largest absolute Gasteiger partial charge is 0.456 e. The van der Waals surface area contributed by atoms with Crippen molar-refractivity contribution in [3.63, 3.8) is 0 Å². The Balaban J connectivity index is 2.40. The Morgan fingerprint density at radius 3 is 2.48 bits per heavy atom. The Morgan fingerprint density at radius 1 is 1.19 bits per heavy atom. The molecule has 2 rings (SSSR count). The lowest BCUT2D eigenvalue weighted by Gasteiger charge is -2.14. The normalized spacial score (nSPS) is 11.2. The van der Waals surface area contributed by atoms with E-state index in [1.165, 1.54) is 18.5 Å². The molecule has 110 valence electrons. The van der Waals surface area contributed by atoms with Crippen LogP contribution in [0.1, 0.15) is 11.1 Å². The number of benzene rings is 1. The minimum Gasteiger partial charge on any atom is -0.456 e. The van der Waals surface area contributed by atoms with Gasteiger partial charge in [-0.2, -0.15) is 13.2 Å². The average Bonchev–Trinajstić information content (AvgIpc) is 2.37. The zero-order valence-corrected chi connectivity index (χ0v) is 12.0. The molecule has 0 spiro atoms. The lowest BCUT2D eigenvalue weighted by Crippen LogP contribution is -2.18. The third-order valence-corrected chi connectivity index (χ3v) is 2.94. The maximum atomic E-state index is 13.0. The van der Waals surface area contributed by atoms with Gasteiger partial charge in [0, 0.05) is 16.2 Å². The highest BCUT2D eigenvalue weighted by Gasteiger charge is 2.34. The smallest absolute Gasteiger partial charge is 0.417 e. The summed E-state index contributed by atoms with van der Waals surface area (Å²) in [5, 5.41) is 7.20. The molecule has 0 radical (unpaired) electrons. The van der Waals surface area contributed by atoms with Gasteiger partial charge in [-0.3, -0.25) is 10.4 Å². The summed E-state index contributed by atoms with van der Waals surface area (Å²) in [6, 6.07) is 4.79. The number of amidine groups is 1. The van der Waals surface area contributed by atoms with Crippen LogP contribution in [0.3, 0.4) is 0 Å². The zero-order valence-electron chi connectivity index (χ0n) is 10.4. The molecule has 0 aliphatic rings. The first kappa shape index (κ1) is 15.3. The van der Waals surface area contributed by atoms with Gasteiger partial charge in [0.25, 0.3) is 0 Å². The molecule has 1 aromatic heterocycles. The van der Waals surface area contributed by atoms with Gasteiger partial charge >= 0.3 is 6.18 Å². The van der Waals surface area contributed by atoms with Crippen LogP contribution in [0.25, 0.3) is 0 Å². The highest BCUT2D eigenvalue weighted by atomic mass is 79.9. The molecule has 1 heterocycles. The van der Waals surface area contributed by atoms with Crippen LogP contribution in [-0.4, -0.2) is 10.8 Å². The Morgan fingerprint density at radius 2 is 1.90 bits per heavy atom. The standard InChI is InChI=1S/C13H9BrF3N3O/c14-7-3-9(6-20-5-7)21-8-1-2-10(12(18)19)11(4-8)13(15,16)17/h1-6H,(H3,18,19). The number of hydrogen-bond donors (Lipinski definition) is 2. The van der Waals surface area contributed by atoms with Gasteiger partial charge in [0.1, 0.15) is 17.3 Å². The molecule has 0 amide bonds. The lowest BCUT2D eigenvalue weighted by molar-refractivity contribution is -0.137. The van der Waals surface area contributed by atoms with E-state index in [0.29, 0.717) is 4.47 Å². The number of alkyl halides is 3. The molecule has 0 aliphatic heterocycles. The first-order valence-electron chi connectivity index (χ1n) is 5.61. The van der Waals surface area contributed by atoms with E-state index in [-0.39, 0.29) is 17.1 Å². The summed E-state index contributed by atoms with van der Waals surface area (Å²) >= 11 is 3.19. The fourth-order valence-electron chi connectivity index (χ4n) is 1.64. The van der Waals surface area contributed by atoms with E-state index in [0.717, 1.165) is 12.1 Å². The quantitative estimate of drug-likeness (QED) is 0.643. The fourth-order valence-corrected chi connectivity index (χ4v) is 1.98. The average molecular weight is 360 g/mol. The maximum Gasteiger partial charge on any atom is 0.417 e. The highest BCUT2D eigenvalue weighted by molar-refractivity contribution is 9.10. The van der Waals surface area contributed by atoms with Crippen molar-refractivity contribution >= 4 is 21.8 Å². The minimum absolute atomic E-state index is 0.0211. The molecule has 8 heteroatoms. The highest BCUT2D eigenvalue weighted by Crippen LogP contribution is 2.35.